The number of pyridine rings is 1. The minimum Gasteiger partial charge on any atom is -0.478 e. The second kappa shape index (κ2) is 54.8. The quantitative estimate of drug-likeness (QED) is 0.0149. The summed E-state index contributed by atoms with van der Waals surface area (Å²) in [6.45, 7) is 19.0. The molecule has 0 unspecified atom stereocenters. The van der Waals surface area contributed by atoms with Crippen molar-refractivity contribution in [1.82, 2.24) is 4.98 Å². The van der Waals surface area contributed by atoms with Gasteiger partial charge in [0.1, 0.15) is 0 Å². The van der Waals surface area contributed by atoms with Crippen LogP contribution in [0.3, 0.4) is 0 Å². The van der Waals surface area contributed by atoms with Crippen molar-refractivity contribution in [2.45, 2.75) is 87.0 Å². The summed E-state index contributed by atoms with van der Waals surface area (Å²) in [6.07, 6.45) is 3.97. The zero-order valence-electron chi connectivity index (χ0n) is 80.4. The van der Waals surface area contributed by atoms with Gasteiger partial charge in [-0.1, -0.05) is 262 Å². The van der Waals surface area contributed by atoms with Crippen LogP contribution in [0, 0.1) is 20.4 Å². The van der Waals surface area contributed by atoms with Crippen LogP contribution in [0.5, 0.6) is 0 Å². The van der Waals surface area contributed by atoms with Gasteiger partial charge in [-0.2, -0.15) is 0 Å². The Kier molecular flexibility index (Phi) is 41.4. The SMILES string of the molecule is CC(=O)c1ccc(NC(=O)c2ccccc2C(=O)O)cc1.CC(=O)c1ccccc1C(=O)Nc1ccc(-c2ccccc2)cc1.CCc1ccc(CC(=O)c2ccccc2C(=O)O)cc1.CCc1ccc(CC(=O)c2ccccc2C(=O)O)cc1.Cc1ccc(CC(=O)c2ccccc2C(=O)O)c(C(=O)O)c1.Cc1ccc(CC(=O)c2ccccc2C(=O)O)nc1.[C-]#[N+]c1ccc(NC(=O)c2ccccc2C(C)=O)cc1. The molecule has 9 N–H and O–H groups in total. The molecule has 0 aliphatic rings. The molecule has 0 fully saturated rings. The Morgan fingerprint density at radius 1 is 0.267 bits per heavy atom. The Bertz CT molecular complexity index is 7240. The molecule has 15 aromatic rings. The molecule has 27 heteroatoms. The number of aromatic carboxylic acids is 6. The molecule has 0 bridgehead atoms. The fourth-order valence-corrected chi connectivity index (χ4v) is 14.4. The fraction of sp³-hybridized carbons (Fsp3) is 0.109. The summed E-state index contributed by atoms with van der Waals surface area (Å²) in [5, 5.41) is 62.8. The van der Waals surface area contributed by atoms with Crippen LogP contribution in [0.15, 0.2) is 358 Å². The van der Waals surface area contributed by atoms with E-state index in [0.717, 1.165) is 46.2 Å². The van der Waals surface area contributed by atoms with Gasteiger partial charge in [-0.25, -0.2) is 33.6 Å². The largest absolute Gasteiger partial charge is 0.478 e. The van der Waals surface area contributed by atoms with Crippen LogP contribution >= 0.6 is 0 Å². The van der Waals surface area contributed by atoms with E-state index in [2.05, 4.69) is 39.6 Å². The number of aromatic nitrogens is 1. The summed E-state index contributed by atoms with van der Waals surface area (Å²) in [7, 11) is 0. The average Bonchev–Trinajstić information content (AvgIpc) is 0.831. The number of rotatable bonds is 30. The van der Waals surface area contributed by atoms with E-state index < -0.39 is 47.5 Å². The third kappa shape index (κ3) is 32.9. The van der Waals surface area contributed by atoms with Crippen LogP contribution in [0.1, 0.15) is 245 Å². The number of amides is 3. The van der Waals surface area contributed by atoms with E-state index in [1.165, 1.54) is 92.6 Å². The molecular weight excluding hydrogens is 1850 g/mol. The lowest BCUT2D eigenvalue weighted by Crippen LogP contribution is -2.16. The predicted octanol–water partition coefficient (Wildman–Crippen LogP) is 23.4. The van der Waals surface area contributed by atoms with Crippen LogP contribution in [0.2, 0.25) is 0 Å². The number of carboxylic acid groups (broad SMARTS) is 6. The number of hydrogen-bond acceptors (Lipinski definition) is 17. The average molecular weight is 1950 g/mol. The Morgan fingerprint density at radius 2 is 0.548 bits per heavy atom. The van der Waals surface area contributed by atoms with Crippen molar-refractivity contribution in [1.29, 1.82) is 0 Å². The zero-order valence-corrected chi connectivity index (χ0v) is 80.4. The summed E-state index contributed by atoms with van der Waals surface area (Å²) >= 11 is 0. The molecule has 0 aliphatic heterocycles. The summed E-state index contributed by atoms with van der Waals surface area (Å²) in [4.78, 5) is 194. The molecule has 15 rings (SSSR count). The van der Waals surface area contributed by atoms with Gasteiger partial charge in [0, 0.05) is 87.2 Å². The highest BCUT2D eigenvalue weighted by Crippen LogP contribution is 2.27. The normalized spacial score (nSPS) is 10.1. The molecular formula is C119H101N5O22. The molecule has 0 spiro atoms. The van der Waals surface area contributed by atoms with Crippen molar-refractivity contribution < 1.29 is 107 Å². The molecule has 0 atom stereocenters. The molecule has 3 amide bonds. The first-order valence-electron chi connectivity index (χ1n) is 45.5. The number of aryl methyl sites for hydroxylation is 4. The number of carbonyl (C=O) groups is 16. The number of ketones is 7. The highest BCUT2D eigenvalue weighted by Gasteiger charge is 2.25. The third-order valence-electron chi connectivity index (χ3n) is 22.1. The maximum Gasteiger partial charge on any atom is 0.336 e. The lowest BCUT2D eigenvalue weighted by atomic mass is 9.95. The molecule has 0 saturated heterocycles. The van der Waals surface area contributed by atoms with Crippen LogP contribution in [-0.4, -0.2) is 130 Å². The number of benzene rings is 14. The van der Waals surface area contributed by atoms with E-state index in [4.69, 9.17) is 32.1 Å². The van der Waals surface area contributed by atoms with Crippen molar-refractivity contribution >= 4 is 117 Å². The van der Waals surface area contributed by atoms with Gasteiger partial charge in [0.25, 0.3) is 17.7 Å². The van der Waals surface area contributed by atoms with Crippen molar-refractivity contribution in [2.75, 3.05) is 16.0 Å². The van der Waals surface area contributed by atoms with Crippen molar-refractivity contribution in [3.05, 3.63) is 503 Å². The smallest absolute Gasteiger partial charge is 0.336 e. The van der Waals surface area contributed by atoms with Gasteiger partial charge in [-0.05, 0) is 201 Å². The lowest BCUT2D eigenvalue weighted by molar-refractivity contribution is 0.0682. The summed E-state index contributed by atoms with van der Waals surface area (Å²) in [5.74, 6) is -9.20. The monoisotopic (exact) mass is 1950 g/mol. The molecule has 146 heavy (non-hydrogen) atoms. The lowest BCUT2D eigenvalue weighted by Gasteiger charge is -2.09. The number of nitrogens with zero attached hydrogens (tertiary/aromatic N) is 2. The van der Waals surface area contributed by atoms with E-state index in [-0.39, 0.29) is 133 Å². The number of carbonyl (C=O) groups excluding carboxylic acids is 10. The molecule has 0 radical (unpaired) electrons. The highest BCUT2D eigenvalue weighted by molar-refractivity contribution is 6.15. The van der Waals surface area contributed by atoms with Gasteiger partial charge < -0.3 is 46.6 Å². The standard InChI is InChI=1S/C21H17NO2.C17H14O5.2C17H16O3.C16H12N2O2.C16H13NO4.C15H13NO3/c1-15(23)19-9-5-6-10-20(19)21(24)22-18-13-11-17(12-14-18)16-7-3-2-4-8-16;1-10-6-7-11(14(8-10)17(21)22)9-15(18)12-4-2-3-5-13(12)16(19)20;2*1-2-12-7-9-13(10-8-12)11-16(18)14-5-3-4-6-15(14)17(19)20;1-11(19)14-5-3-4-6-15(14)16(20)18-13-9-7-12(17-2)8-10-13;1-10(18)11-6-8-12(9-7-11)17-15(19)13-4-2-3-5-14(13)16(20)21;1-10-6-7-11(16-9-10)8-14(17)12-4-2-3-5-13(12)15(18)19/h2-14H,1H3,(H,22,24);2-8H,9H2,1H3,(H,19,20)(H,21,22);2*3-10H,2,11H2,1H3,(H,19,20);3-10H,1H3,(H,18,20);2-9H,1H3,(H,17,19)(H,20,21);2-7,9H,8H2,1H3,(H,18,19). The Morgan fingerprint density at radius 3 is 0.870 bits per heavy atom. The number of anilines is 3. The maximum absolute atomic E-state index is 12.4. The molecule has 1 aromatic heterocycles. The topological polar surface area (TPSA) is 448 Å². The molecule has 1 heterocycles. The van der Waals surface area contributed by atoms with E-state index in [0.29, 0.717) is 61.8 Å². The highest BCUT2D eigenvalue weighted by atomic mass is 16.4. The van der Waals surface area contributed by atoms with Crippen molar-refractivity contribution in [3.8, 4) is 11.1 Å². The second-order valence-corrected chi connectivity index (χ2v) is 32.6. The molecule has 0 aliphatic carbocycles. The molecule has 14 aromatic carbocycles. The maximum atomic E-state index is 12.4. The Balaban J connectivity index is 0.000000190. The molecule has 27 nitrogen and oxygen atoms in total. The molecule has 0 saturated carbocycles. The third-order valence-corrected chi connectivity index (χ3v) is 22.1. The van der Waals surface area contributed by atoms with Gasteiger partial charge in [-0.3, -0.25) is 52.9 Å². The Hall–Kier alpha value is -19.4. The van der Waals surface area contributed by atoms with Crippen LogP contribution in [0.25, 0.3) is 16.0 Å². The van der Waals surface area contributed by atoms with E-state index in [1.807, 2.05) is 116 Å². The summed E-state index contributed by atoms with van der Waals surface area (Å²) in [5.41, 5.74) is 14.5. The van der Waals surface area contributed by atoms with Gasteiger partial charge in [0.15, 0.2) is 46.2 Å². The summed E-state index contributed by atoms with van der Waals surface area (Å²) in [6, 6.07) is 98.9. The minimum atomic E-state index is -1.19. The van der Waals surface area contributed by atoms with Crippen LogP contribution in [0.4, 0.5) is 22.7 Å². The van der Waals surface area contributed by atoms with Crippen molar-refractivity contribution in [2.24, 2.45) is 0 Å². The number of hydrogen-bond donors (Lipinski definition) is 9. The van der Waals surface area contributed by atoms with Crippen LogP contribution in [-0.2, 0) is 38.5 Å². The number of nitrogens with one attached hydrogen (secondary N) is 3. The van der Waals surface area contributed by atoms with E-state index in [1.54, 1.807) is 195 Å². The Labute approximate surface area is 841 Å². The van der Waals surface area contributed by atoms with Gasteiger partial charge in [0.2, 0.25) is 0 Å². The zero-order chi connectivity index (χ0) is 106. The van der Waals surface area contributed by atoms with E-state index in [9.17, 15) is 81.8 Å². The molecule has 734 valence electrons. The second-order valence-electron chi connectivity index (χ2n) is 32.6. The van der Waals surface area contributed by atoms with Crippen molar-refractivity contribution in [3.63, 3.8) is 0 Å². The fourth-order valence-electron chi connectivity index (χ4n) is 14.4. The van der Waals surface area contributed by atoms with Crippen LogP contribution < -0.4 is 16.0 Å². The predicted molar refractivity (Wildman–Crippen MR) is 556 cm³/mol. The first-order chi connectivity index (χ1) is 69.9. The van der Waals surface area contributed by atoms with Gasteiger partial charge >= 0.3 is 35.8 Å². The number of carboxylic acids is 6. The van der Waals surface area contributed by atoms with E-state index >= 15 is 0 Å². The summed E-state index contributed by atoms with van der Waals surface area (Å²) < 4.78 is 0. The van der Waals surface area contributed by atoms with Gasteiger partial charge in [-0.15, -0.1) is 0 Å². The minimum absolute atomic E-state index is 0.0274. The first-order valence-corrected chi connectivity index (χ1v) is 45.5. The van der Waals surface area contributed by atoms with Gasteiger partial charge in [0.05, 0.1) is 63.1 Å². The number of Topliss-reactive ketones (excluding diaryl/α,β-unsaturated/α-hetero) is 7. The first kappa shape index (κ1) is 110.